The molecule has 2 aromatic rings. The molecule has 2 aliphatic rings. The van der Waals surface area contributed by atoms with Gasteiger partial charge in [-0.15, -0.1) is 0 Å². The molecule has 0 spiro atoms. The Labute approximate surface area is 168 Å². The Kier molecular flexibility index (Phi) is 6.43. The van der Waals surface area contributed by atoms with Crippen molar-refractivity contribution in [2.24, 2.45) is 0 Å². The zero-order valence-corrected chi connectivity index (χ0v) is 16.7. The summed E-state index contributed by atoms with van der Waals surface area (Å²) in [6.45, 7) is 3.26. The Hall–Kier alpha value is -2.56. The molecule has 1 aromatic heterocycles. The molecular weight excluding hydrogens is 346 g/mol. The molecule has 2 N–H and O–H groups in total. The van der Waals surface area contributed by atoms with Crippen molar-refractivity contribution >= 4 is 23.1 Å². The first kappa shape index (κ1) is 18.8. The van der Waals surface area contributed by atoms with Crippen LogP contribution in [0.4, 0.5) is 23.1 Å². The number of rotatable bonds is 7. The predicted octanol–water partition coefficient (Wildman–Crippen LogP) is 5.51. The van der Waals surface area contributed by atoms with Gasteiger partial charge in [0.05, 0.1) is 0 Å². The van der Waals surface area contributed by atoms with Crippen LogP contribution in [-0.2, 0) is 0 Å². The Balaban J connectivity index is 1.30. The van der Waals surface area contributed by atoms with Gasteiger partial charge in [-0.2, -0.15) is 4.98 Å². The van der Waals surface area contributed by atoms with Gasteiger partial charge in [0.15, 0.2) is 0 Å². The van der Waals surface area contributed by atoms with Crippen molar-refractivity contribution in [3.8, 4) is 0 Å². The quantitative estimate of drug-likeness (QED) is 0.623. The van der Waals surface area contributed by atoms with E-state index in [2.05, 4.69) is 55.8 Å². The van der Waals surface area contributed by atoms with E-state index >= 15 is 0 Å². The predicted molar refractivity (Wildman–Crippen MR) is 117 cm³/mol. The van der Waals surface area contributed by atoms with Crippen molar-refractivity contribution in [1.82, 2.24) is 9.97 Å². The Morgan fingerprint density at radius 2 is 1.79 bits per heavy atom. The smallest absolute Gasteiger partial charge is 0.229 e. The molecule has 1 saturated heterocycles. The molecule has 4 rings (SSSR count). The number of aromatic nitrogens is 2. The molecule has 1 aliphatic carbocycles. The molecular formula is C23H31N5. The van der Waals surface area contributed by atoms with Crippen LogP contribution in [-0.4, -0.2) is 29.6 Å². The normalized spacial score (nSPS) is 17.1. The van der Waals surface area contributed by atoms with E-state index in [4.69, 9.17) is 0 Å². The summed E-state index contributed by atoms with van der Waals surface area (Å²) in [4.78, 5) is 11.4. The number of nitrogens with zero attached hydrogens (tertiary/aromatic N) is 3. The lowest BCUT2D eigenvalue weighted by molar-refractivity contribution is 0.578. The van der Waals surface area contributed by atoms with Gasteiger partial charge in [-0.1, -0.05) is 11.6 Å². The largest absolute Gasteiger partial charge is 0.372 e. The topological polar surface area (TPSA) is 53.1 Å². The van der Waals surface area contributed by atoms with Gasteiger partial charge in [0.2, 0.25) is 5.95 Å². The van der Waals surface area contributed by atoms with Gasteiger partial charge in [0.1, 0.15) is 5.82 Å². The molecule has 2 heterocycles. The molecule has 1 aromatic carbocycles. The first-order valence-corrected chi connectivity index (χ1v) is 10.7. The molecule has 0 saturated carbocycles. The monoisotopic (exact) mass is 377 g/mol. The van der Waals surface area contributed by atoms with E-state index in [9.17, 15) is 0 Å². The molecule has 1 aliphatic heterocycles. The van der Waals surface area contributed by atoms with Gasteiger partial charge in [-0.3, -0.25) is 0 Å². The number of hydrogen-bond donors (Lipinski definition) is 2. The van der Waals surface area contributed by atoms with Crippen LogP contribution in [0.5, 0.6) is 0 Å². The molecule has 0 amide bonds. The molecule has 0 atom stereocenters. The molecule has 28 heavy (non-hydrogen) atoms. The third-order valence-corrected chi connectivity index (χ3v) is 5.64. The van der Waals surface area contributed by atoms with Gasteiger partial charge >= 0.3 is 0 Å². The van der Waals surface area contributed by atoms with Crippen LogP contribution in [0, 0.1) is 0 Å². The number of hydrogen-bond acceptors (Lipinski definition) is 5. The summed E-state index contributed by atoms with van der Waals surface area (Å²) < 4.78 is 0. The number of benzene rings is 1. The third kappa shape index (κ3) is 5.24. The SMILES string of the molecule is C1=C(CCNc2ccnc(Nc3ccc(N4CCCCC4)cc3)n2)CCCC1. The van der Waals surface area contributed by atoms with Gasteiger partial charge in [0, 0.05) is 37.2 Å². The van der Waals surface area contributed by atoms with Crippen LogP contribution in [0.1, 0.15) is 51.4 Å². The first-order valence-electron chi connectivity index (χ1n) is 10.7. The van der Waals surface area contributed by atoms with Gasteiger partial charge in [0.25, 0.3) is 0 Å². The molecule has 0 bridgehead atoms. The summed E-state index contributed by atoms with van der Waals surface area (Å²) in [5, 5.41) is 6.75. The average molecular weight is 378 g/mol. The highest BCUT2D eigenvalue weighted by Crippen LogP contribution is 2.23. The molecule has 5 heteroatoms. The van der Waals surface area contributed by atoms with E-state index in [0.29, 0.717) is 5.95 Å². The lowest BCUT2D eigenvalue weighted by Crippen LogP contribution is -2.29. The van der Waals surface area contributed by atoms with E-state index in [-0.39, 0.29) is 0 Å². The van der Waals surface area contributed by atoms with Gasteiger partial charge < -0.3 is 15.5 Å². The summed E-state index contributed by atoms with van der Waals surface area (Å²) in [7, 11) is 0. The van der Waals surface area contributed by atoms with E-state index < -0.39 is 0 Å². The number of nitrogens with one attached hydrogen (secondary N) is 2. The van der Waals surface area contributed by atoms with Crippen LogP contribution in [0.15, 0.2) is 48.2 Å². The van der Waals surface area contributed by atoms with E-state index in [1.807, 2.05) is 6.07 Å². The van der Waals surface area contributed by atoms with Crippen molar-refractivity contribution in [2.75, 3.05) is 35.2 Å². The highest BCUT2D eigenvalue weighted by molar-refractivity contribution is 5.60. The average Bonchev–Trinajstić information content (AvgIpc) is 2.76. The van der Waals surface area contributed by atoms with Crippen molar-refractivity contribution in [1.29, 1.82) is 0 Å². The summed E-state index contributed by atoms with van der Waals surface area (Å²) >= 11 is 0. The van der Waals surface area contributed by atoms with Crippen molar-refractivity contribution in [2.45, 2.75) is 51.4 Å². The molecule has 1 fully saturated rings. The first-order chi connectivity index (χ1) is 13.9. The van der Waals surface area contributed by atoms with Gasteiger partial charge in [-0.25, -0.2) is 4.98 Å². The minimum absolute atomic E-state index is 0.632. The van der Waals surface area contributed by atoms with E-state index in [1.165, 1.54) is 63.7 Å². The fourth-order valence-corrected chi connectivity index (χ4v) is 4.04. The second-order valence-corrected chi connectivity index (χ2v) is 7.77. The molecule has 5 nitrogen and oxygen atoms in total. The highest BCUT2D eigenvalue weighted by Gasteiger charge is 2.10. The van der Waals surface area contributed by atoms with Crippen molar-refractivity contribution in [3.63, 3.8) is 0 Å². The Bertz CT molecular complexity index is 778. The summed E-state index contributed by atoms with van der Waals surface area (Å²) in [6, 6.07) is 10.5. The van der Waals surface area contributed by atoms with Gasteiger partial charge in [-0.05, 0) is 81.7 Å². The summed E-state index contributed by atoms with van der Waals surface area (Å²) in [6.07, 6.45) is 14.4. The fourth-order valence-electron chi connectivity index (χ4n) is 4.04. The van der Waals surface area contributed by atoms with Crippen LogP contribution < -0.4 is 15.5 Å². The second kappa shape index (κ2) is 9.58. The zero-order valence-electron chi connectivity index (χ0n) is 16.7. The molecule has 0 radical (unpaired) electrons. The molecule has 0 unspecified atom stereocenters. The maximum absolute atomic E-state index is 4.60. The highest BCUT2D eigenvalue weighted by atomic mass is 15.1. The zero-order chi connectivity index (χ0) is 19.0. The maximum atomic E-state index is 4.60. The maximum Gasteiger partial charge on any atom is 0.229 e. The number of anilines is 4. The standard InChI is InChI=1S/C23H31N5/c1-3-7-19(8-4-1)13-15-24-22-14-16-25-23(27-22)26-20-9-11-21(12-10-20)28-17-5-2-6-18-28/h7,9-12,14,16H,1-6,8,13,15,17-18H2,(H2,24,25,26,27). The lowest BCUT2D eigenvalue weighted by Gasteiger charge is -2.28. The second-order valence-electron chi connectivity index (χ2n) is 7.77. The van der Waals surface area contributed by atoms with E-state index in [1.54, 1.807) is 11.8 Å². The minimum Gasteiger partial charge on any atom is -0.372 e. The fraction of sp³-hybridized carbons (Fsp3) is 0.478. The van der Waals surface area contributed by atoms with E-state index in [0.717, 1.165) is 24.5 Å². The van der Waals surface area contributed by atoms with Crippen LogP contribution in [0.2, 0.25) is 0 Å². The Morgan fingerprint density at radius 1 is 0.929 bits per heavy atom. The number of allylic oxidation sites excluding steroid dienone is 1. The Morgan fingerprint density at radius 3 is 2.57 bits per heavy atom. The van der Waals surface area contributed by atoms with Crippen molar-refractivity contribution < 1.29 is 0 Å². The third-order valence-electron chi connectivity index (χ3n) is 5.64. The van der Waals surface area contributed by atoms with Crippen molar-refractivity contribution in [3.05, 3.63) is 48.2 Å². The summed E-state index contributed by atoms with van der Waals surface area (Å²) in [5.74, 6) is 1.51. The molecule has 148 valence electrons. The lowest BCUT2D eigenvalue weighted by atomic mass is 9.97. The van der Waals surface area contributed by atoms with Crippen LogP contribution in [0.3, 0.4) is 0 Å². The van der Waals surface area contributed by atoms with Crippen LogP contribution >= 0.6 is 0 Å². The number of piperidine rings is 1. The van der Waals surface area contributed by atoms with Crippen LogP contribution in [0.25, 0.3) is 0 Å². The summed E-state index contributed by atoms with van der Waals surface area (Å²) in [5.41, 5.74) is 3.91. The minimum atomic E-state index is 0.632.